The van der Waals surface area contributed by atoms with Gasteiger partial charge in [0.05, 0.1) is 22.3 Å². The molecule has 0 saturated carbocycles. The summed E-state index contributed by atoms with van der Waals surface area (Å²) in [6.07, 6.45) is -7.38. The van der Waals surface area contributed by atoms with Crippen LogP contribution < -0.4 is 10.1 Å². The number of hydrogen-bond donors (Lipinski definition) is 1. The first-order chi connectivity index (χ1) is 17.2. The zero-order valence-corrected chi connectivity index (χ0v) is 19.2. The molecule has 4 aromatic rings. The predicted octanol–water partition coefficient (Wildman–Crippen LogP) is 5.51. The Balaban J connectivity index is 1.69. The Kier molecular flexibility index (Phi) is 6.58. The van der Waals surface area contributed by atoms with Crippen molar-refractivity contribution in [1.82, 2.24) is 14.6 Å². The highest BCUT2D eigenvalue weighted by molar-refractivity contribution is 7.90. The fraction of sp³-hybridized carbons (Fsp3) is 0.136. The van der Waals surface area contributed by atoms with Gasteiger partial charge in [-0.3, -0.25) is 5.32 Å². The summed E-state index contributed by atoms with van der Waals surface area (Å²) in [4.78, 5) is 16.3. The van der Waals surface area contributed by atoms with E-state index in [1.54, 1.807) is 0 Å². The molecule has 194 valence electrons. The smallest absolute Gasteiger partial charge is 0.404 e. The monoisotopic (exact) mass is 544 g/mol. The number of benzene rings is 2. The van der Waals surface area contributed by atoms with Gasteiger partial charge in [-0.2, -0.15) is 18.3 Å². The van der Waals surface area contributed by atoms with E-state index in [1.165, 1.54) is 18.2 Å². The number of carbonyl (C=O) groups excluding carboxylic acids is 1. The third-order valence-electron chi connectivity index (χ3n) is 4.97. The predicted molar refractivity (Wildman–Crippen MR) is 118 cm³/mol. The van der Waals surface area contributed by atoms with Crippen LogP contribution in [0.1, 0.15) is 17.7 Å². The number of nitrogens with one attached hydrogen (secondary N) is 1. The number of rotatable bonds is 5. The van der Waals surface area contributed by atoms with E-state index in [9.17, 15) is 39.6 Å². The molecule has 37 heavy (non-hydrogen) atoms. The molecule has 0 bridgehead atoms. The van der Waals surface area contributed by atoms with Crippen molar-refractivity contribution in [2.24, 2.45) is 0 Å². The number of halogens is 6. The Hall–Kier alpha value is -4.14. The van der Waals surface area contributed by atoms with Gasteiger partial charge >= 0.3 is 12.3 Å². The number of hydrogen-bond acceptors (Lipinski definition) is 6. The molecule has 0 saturated heterocycles. The zero-order chi connectivity index (χ0) is 27.1. The normalized spacial score (nSPS) is 12.2. The van der Waals surface area contributed by atoms with Crippen molar-refractivity contribution < 1.29 is 44.3 Å². The summed E-state index contributed by atoms with van der Waals surface area (Å²) < 4.78 is 109. The van der Waals surface area contributed by atoms with Crippen LogP contribution in [-0.2, 0) is 16.0 Å². The van der Waals surface area contributed by atoms with E-state index >= 15 is 0 Å². The minimum absolute atomic E-state index is 0.0477. The van der Waals surface area contributed by atoms with E-state index in [1.807, 2.05) is 0 Å². The highest BCUT2D eigenvalue weighted by Gasteiger charge is 2.34. The third-order valence-corrected chi connectivity index (χ3v) is 6.08. The largest absolute Gasteiger partial charge is 0.419 e. The number of nitrogens with zero attached hydrogens (tertiary/aromatic N) is 3. The summed E-state index contributed by atoms with van der Waals surface area (Å²) in [5.74, 6) is -2.04. The van der Waals surface area contributed by atoms with Gasteiger partial charge < -0.3 is 4.74 Å². The summed E-state index contributed by atoms with van der Waals surface area (Å²) in [6.45, 7) is 0. The fourth-order valence-corrected chi connectivity index (χ4v) is 3.96. The fourth-order valence-electron chi connectivity index (χ4n) is 3.29. The van der Waals surface area contributed by atoms with Gasteiger partial charge in [0.15, 0.2) is 21.2 Å². The van der Waals surface area contributed by atoms with Crippen LogP contribution in [-0.4, -0.2) is 35.4 Å². The van der Waals surface area contributed by atoms with Crippen LogP contribution in [0.25, 0.3) is 16.9 Å². The Labute approximate surface area is 204 Å². The lowest BCUT2D eigenvalue weighted by molar-refractivity contribution is -0.139. The molecule has 2 heterocycles. The average molecular weight is 544 g/mol. The highest BCUT2D eigenvalue weighted by atomic mass is 32.2. The van der Waals surface area contributed by atoms with Crippen molar-refractivity contribution in [3.8, 4) is 17.0 Å². The second-order valence-electron chi connectivity index (χ2n) is 7.62. The van der Waals surface area contributed by atoms with E-state index in [4.69, 9.17) is 4.74 Å². The number of sulfone groups is 1. The first-order valence-corrected chi connectivity index (χ1v) is 12.0. The highest BCUT2D eigenvalue weighted by Crippen LogP contribution is 2.34. The first kappa shape index (κ1) is 25.9. The maximum absolute atomic E-state index is 14.1. The molecule has 8 nitrogen and oxygen atoms in total. The van der Waals surface area contributed by atoms with Gasteiger partial charge in [0, 0.05) is 17.5 Å². The maximum Gasteiger partial charge on any atom is 0.419 e. The summed E-state index contributed by atoms with van der Waals surface area (Å²) >= 11 is 0. The number of alkyl halides is 5. The Morgan fingerprint density at radius 3 is 2.46 bits per heavy atom. The van der Waals surface area contributed by atoms with E-state index < -0.39 is 57.0 Å². The Bertz CT molecular complexity index is 1620. The van der Waals surface area contributed by atoms with Crippen molar-refractivity contribution in [3.05, 3.63) is 71.8 Å². The van der Waals surface area contributed by atoms with Gasteiger partial charge in [0.1, 0.15) is 11.5 Å². The van der Waals surface area contributed by atoms with Crippen molar-refractivity contribution in [1.29, 1.82) is 0 Å². The quantitative estimate of drug-likeness (QED) is 0.333. The number of carbonyl (C=O) groups is 1. The van der Waals surface area contributed by atoms with Crippen molar-refractivity contribution in [3.63, 3.8) is 0 Å². The number of amides is 1. The molecule has 0 fully saturated rings. The molecule has 0 atom stereocenters. The third kappa shape index (κ3) is 5.50. The van der Waals surface area contributed by atoms with E-state index in [2.05, 4.69) is 15.4 Å². The van der Waals surface area contributed by atoms with Crippen LogP contribution in [0.2, 0.25) is 0 Å². The van der Waals surface area contributed by atoms with E-state index in [0.29, 0.717) is 16.6 Å². The minimum Gasteiger partial charge on any atom is -0.404 e. The van der Waals surface area contributed by atoms with Crippen LogP contribution in [0.4, 0.5) is 36.8 Å². The second kappa shape index (κ2) is 9.38. The van der Waals surface area contributed by atoms with Crippen molar-refractivity contribution in [2.75, 3.05) is 11.6 Å². The minimum atomic E-state index is -4.96. The molecule has 0 radical (unpaired) electrons. The maximum atomic E-state index is 14.1. The Morgan fingerprint density at radius 2 is 1.84 bits per heavy atom. The molecule has 0 aliphatic rings. The van der Waals surface area contributed by atoms with Crippen LogP contribution in [0.3, 0.4) is 0 Å². The van der Waals surface area contributed by atoms with Crippen LogP contribution >= 0.6 is 0 Å². The first-order valence-electron chi connectivity index (χ1n) is 10.1. The summed E-state index contributed by atoms with van der Waals surface area (Å²) in [5, 5.41) is 5.99. The van der Waals surface area contributed by atoms with Gasteiger partial charge in [-0.05, 0) is 36.4 Å². The van der Waals surface area contributed by atoms with E-state index in [0.717, 1.165) is 30.7 Å². The zero-order valence-electron chi connectivity index (χ0n) is 18.4. The van der Waals surface area contributed by atoms with Gasteiger partial charge in [-0.15, -0.1) is 0 Å². The standard InChI is InChI=1S/C22H14F6N4O4S/c1-37(34,35)13-4-2-3-12(8-13)30-21(33)36-18-10-29-32-17(19(24)25)9-16(31-20(18)32)11-5-6-14(15(23)7-11)22(26,27)28/h2-10,19H,1H3,(H,30,33). The molecule has 2 aromatic carbocycles. The topological polar surface area (TPSA) is 103 Å². The van der Waals surface area contributed by atoms with Crippen molar-refractivity contribution in [2.45, 2.75) is 17.5 Å². The molecular formula is C22H14F6N4O4S. The average Bonchev–Trinajstić information content (AvgIpc) is 3.19. The lowest BCUT2D eigenvalue weighted by Crippen LogP contribution is -2.17. The van der Waals surface area contributed by atoms with Crippen LogP contribution in [0.15, 0.2) is 59.6 Å². The summed E-state index contributed by atoms with van der Waals surface area (Å²) in [5.41, 5.74) is -3.24. The van der Waals surface area contributed by atoms with Crippen LogP contribution in [0, 0.1) is 5.82 Å². The lowest BCUT2D eigenvalue weighted by atomic mass is 10.1. The molecule has 1 amide bonds. The van der Waals surface area contributed by atoms with Gasteiger partial charge in [-0.1, -0.05) is 12.1 Å². The van der Waals surface area contributed by atoms with Crippen molar-refractivity contribution >= 4 is 27.3 Å². The number of fused-ring (bicyclic) bond motifs is 1. The molecule has 15 heteroatoms. The molecule has 0 unspecified atom stereocenters. The van der Waals surface area contributed by atoms with Gasteiger partial charge in [0.25, 0.3) is 6.43 Å². The molecule has 4 rings (SSSR count). The number of anilines is 1. The molecule has 0 aliphatic carbocycles. The van der Waals surface area contributed by atoms with E-state index in [-0.39, 0.29) is 21.8 Å². The molecule has 1 N–H and O–H groups in total. The van der Waals surface area contributed by atoms with Gasteiger partial charge in [-0.25, -0.2) is 35.9 Å². The summed E-state index contributed by atoms with van der Waals surface area (Å²) in [7, 11) is -3.57. The molecule has 2 aromatic heterocycles. The molecular weight excluding hydrogens is 530 g/mol. The lowest BCUT2D eigenvalue weighted by Gasteiger charge is -2.11. The second-order valence-corrected chi connectivity index (χ2v) is 9.63. The molecule has 0 spiro atoms. The Morgan fingerprint density at radius 1 is 1.11 bits per heavy atom. The summed E-state index contributed by atoms with van der Waals surface area (Å²) in [6, 6.07) is 7.82. The van der Waals surface area contributed by atoms with Gasteiger partial charge in [0.2, 0.25) is 0 Å². The van der Waals surface area contributed by atoms with Crippen LogP contribution in [0.5, 0.6) is 5.75 Å². The molecule has 0 aliphatic heterocycles. The number of ether oxygens (including phenoxy) is 1. The SMILES string of the molecule is CS(=O)(=O)c1cccc(NC(=O)Oc2cnn3c(C(F)F)cc(-c4ccc(C(F)(F)F)c(F)c4)nc23)c1. The number of aromatic nitrogens is 3.